The molecule has 2 aliphatic rings. The molecule has 5 heteroatoms. The Balaban J connectivity index is 1.53. The van der Waals surface area contributed by atoms with Gasteiger partial charge in [-0.1, -0.05) is 6.07 Å². The van der Waals surface area contributed by atoms with Crippen LogP contribution in [0.2, 0.25) is 0 Å². The Morgan fingerprint density at radius 3 is 3.05 bits per heavy atom. The van der Waals surface area contributed by atoms with E-state index in [0.717, 1.165) is 38.0 Å². The zero-order chi connectivity index (χ0) is 14.5. The lowest BCUT2D eigenvalue weighted by Gasteiger charge is -2.19. The summed E-state index contributed by atoms with van der Waals surface area (Å²) < 4.78 is 5.68. The van der Waals surface area contributed by atoms with Crippen molar-refractivity contribution in [2.45, 2.75) is 44.8 Å². The number of rotatable bonds is 6. The van der Waals surface area contributed by atoms with E-state index >= 15 is 0 Å². The molecule has 1 saturated carbocycles. The molecule has 0 spiro atoms. The summed E-state index contributed by atoms with van der Waals surface area (Å²) in [6, 6.07) is 4.56. The van der Waals surface area contributed by atoms with E-state index in [9.17, 15) is 0 Å². The number of aliphatic imine (C=N–C) groups is 1. The minimum absolute atomic E-state index is 0.292. The van der Waals surface area contributed by atoms with Crippen LogP contribution in [-0.2, 0) is 4.74 Å². The number of guanidine groups is 1. The fourth-order valence-electron chi connectivity index (χ4n) is 2.50. The van der Waals surface area contributed by atoms with Gasteiger partial charge >= 0.3 is 0 Å². The maximum absolute atomic E-state index is 5.68. The Kier molecular flexibility index (Phi) is 5.14. The lowest BCUT2D eigenvalue weighted by Crippen LogP contribution is -2.42. The Morgan fingerprint density at radius 2 is 2.38 bits per heavy atom. The molecule has 1 aliphatic carbocycles. The fraction of sp³-hybridized carbons (Fsp3) is 0.688. The van der Waals surface area contributed by atoms with Crippen molar-refractivity contribution >= 4 is 17.3 Å². The maximum Gasteiger partial charge on any atom is 0.191 e. The van der Waals surface area contributed by atoms with Crippen molar-refractivity contribution in [1.29, 1.82) is 0 Å². The molecule has 4 nitrogen and oxygen atoms in total. The SMILES string of the molecule is CC(NC(=NCC1CC1)NCC1CCCO1)c1cccs1. The van der Waals surface area contributed by atoms with Crippen LogP contribution in [0.5, 0.6) is 0 Å². The van der Waals surface area contributed by atoms with Crippen LogP contribution in [0.15, 0.2) is 22.5 Å². The predicted molar refractivity (Wildman–Crippen MR) is 87.9 cm³/mol. The molecule has 1 aromatic heterocycles. The summed E-state index contributed by atoms with van der Waals surface area (Å²) in [5, 5.41) is 9.10. The van der Waals surface area contributed by atoms with Crippen LogP contribution < -0.4 is 10.6 Å². The number of ether oxygens (including phenoxy) is 1. The average Bonchev–Trinajstić information content (AvgIpc) is 2.97. The molecule has 2 unspecified atom stereocenters. The predicted octanol–water partition coefficient (Wildman–Crippen LogP) is 2.93. The zero-order valence-electron chi connectivity index (χ0n) is 12.7. The van der Waals surface area contributed by atoms with Gasteiger partial charge in [0.05, 0.1) is 12.1 Å². The molecule has 2 fully saturated rings. The van der Waals surface area contributed by atoms with Gasteiger partial charge in [-0.15, -0.1) is 11.3 Å². The normalized spacial score (nSPS) is 24.0. The van der Waals surface area contributed by atoms with Crippen LogP contribution in [0.25, 0.3) is 0 Å². The van der Waals surface area contributed by atoms with Crippen LogP contribution in [0.1, 0.15) is 43.5 Å². The third-order valence-electron chi connectivity index (χ3n) is 4.05. The van der Waals surface area contributed by atoms with Crippen LogP contribution in [0.3, 0.4) is 0 Å². The van der Waals surface area contributed by atoms with Crippen LogP contribution in [0, 0.1) is 5.92 Å². The molecular weight excluding hydrogens is 282 g/mol. The summed E-state index contributed by atoms with van der Waals surface area (Å²) in [5.41, 5.74) is 0. The molecule has 1 aromatic rings. The second-order valence-electron chi connectivity index (χ2n) is 6.03. The minimum Gasteiger partial charge on any atom is -0.376 e. The van der Waals surface area contributed by atoms with Gasteiger partial charge in [0.25, 0.3) is 0 Å². The number of nitrogens with zero attached hydrogens (tertiary/aromatic N) is 1. The monoisotopic (exact) mass is 307 g/mol. The van der Waals surface area contributed by atoms with Crippen molar-refractivity contribution < 1.29 is 4.74 Å². The molecule has 0 bridgehead atoms. The molecule has 1 aliphatic heterocycles. The first kappa shape index (κ1) is 14.9. The van der Waals surface area contributed by atoms with E-state index in [-0.39, 0.29) is 0 Å². The molecule has 2 N–H and O–H groups in total. The van der Waals surface area contributed by atoms with Crippen molar-refractivity contribution in [2.24, 2.45) is 10.9 Å². The van der Waals surface area contributed by atoms with Gasteiger partial charge in [-0.05, 0) is 50.0 Å². The molecule has 0 radical (unpaired) electrons. The van der Waals surface area contributed by atoms with Crippen molar-refractivity contribution in [3.63, 3.8) is 0 Å². The van der Waals surface area contributed by atoms with Gasteiger partial charge in [0, 0.05) is 24.6 Å². The second-order valence-corrected chi connectivity index (χ2v) is 7.01. The molecule has 0 aromatic carbocycles. The number of hydrogen-bond donors (Lipinski definition) is 2. The zero-order valence-corrected chi connectivity index (χ0v) is 13.5. The Bertz CT molecular complexity index is 450. The maximum atomic E-state index is 5.68. The summed E-state index contributed by atoms with van der Waals surface area (Å²) in [4.78, 5) is 6.08. The van der Waals surface area contributed by atoms with Gasteiger partial charge in [0.2, 0.25) is 0 Å². The highest BCUT2D eigenvalue weighted by atomic mass is 32.1. The summed E-state index contributed by atoms with van der Waals surface area (Å²) in [7, 11) is 0. The van der Waals surface area contributed by atoms with E-state index in [1.54, 1.807) is 11.3 Å². The van der Waals surface area contributed by atoms with E-state index in [1.165, 1.54) is 24.1 Å². The van der Waals surface area contributed by atoms with Crippen molar-refractivity contribution in [3.8, 4) is 0 Å². The lowest BCUT2D eigenvalue weighted by atomic mass is 10.2. The standard InChI is InChI=1S/C16H25N3OS/c1-12(15-5-3-9-21-15)19-16(17-10-13-6-7-13)18-11-14-4-2-8-20-14/h3,5,9,12-14H,2,4,6-8,10-11H2,1H3,(H2,17,18,19). The quantitative estimate of drug-likeness (QED) is 0.627. The van der Waals surface area contributed by atoms with E-state index in [2.05, 4.69) is 35.1 Å². The van der Waals surface area contributed by atoms with Crippen LogP contribution in [0.4, 0.5) is 0 Å². The van der Waals surface area contributed by atoms with Gasteiger partial charge < -0.3 is 15.4 Å². The topological polar surface area (TPSA) is 45.7 Å². The third kappa shape index (κ3) is 4.71. The molecule has 2 heterocycles. The highest BCUT2D eigenvalue weighted by molar-refractivity contribution is 7.10. The Hall–Kier alpha value is -1.07. The van der Waals surface area contributed by atoms with Crippen LogP contribution >= 0.6 is 11.3 Å². The molecule has 116 valence electrons. The van der Waals surface area contributed by atoms with Crippen molar-refractivity contribution in [3.05, 3.63) is 22.4 Å². The van der Waals surface area contributed by atoms with Gasteiger partial charge in [-0.3, -0.25) is 4.99 Å². The molecule has 1 saturated heterocycles. The van der Waals surface area contributed by atoms with Crippen LogP contribution in [-0.4, -0.2) is 31.8 Å². The van der Waals surface area contributed by atoms with E-state index in [1.807, 2.05) is 0 Å². The number of nitrogens with one attached hydrogen (secondary N) is 2. The molecule has 21 heavy (non-hydrogen) atoms. The molecular formula is C16H25N3OS. The van der Waals surface area contributed by atoms with Gasteiger partial charge in [0.15, 0.2) is 5.96 Å². The van der Waals surface area contributed by atoms with Gasteiger partial charge in [-0.2, -0.15) is 0 Å². The molecule has 2 atom stereocenters. The van der Waals surface area contributed by atoms with E-state index in [0.29, 0.717) is 12.1 Å². The number of thiophene rings is 1. The summed E-state index contributed by atoms with van der Waals surface area (Å²) in [5.74, 6) is 1.74. The molecule has 0 amide bonds. The smallest absolute Gasteiger partial charge is 0.191 e. The summed E-state index contributed by atoms with van der Waals surface area (Å²) >= 11 is 1.78. The van der Waals surface area contributed by atoms with Crippen molar-refractivity contribution in [1.82, 2.24) is 10.6 Å². The summed E-state index contributed by atoms with van der Waals surface area (Å²) in [6.07, 6.45) is 5.35. The first-order valence-electron chi connectivity index (χ1n) is 8.01. The fourth-order valence-corrected chi connectivity index (χ4v) is 3.24. The largest absolute Gasteiger partial charge is 0.376 e. The summed E-state index contributed by atoms with van der Waals surface area (Å²) in [6.45, 7) is 4.89. The first-order valence-corrected chi connectivity index (χ1v) is 8.89. The Morgan fingerprint density at radius 1 is 1.48 bits per heavy atom. The van der Waals surface area contributed by atoms with Crippen molar-refractivity contribution in [2.75, 3.05) is 19.7 Å². The highest BCUT2D eigenvalue weighted by Gasteiger charge is 2.21. The highest BCUT2D eigenvalue weighted by Crippen LogP contribution is 2.28. The third-order valence-corrected chi connectivity index (χ3v) is 5.10. The van der Waals surface area contributed by atoms with E-state index in [4.69, 9.17) is 9.73 Å². The number of hydrogen-bond acceptors (Lipinski definition) is 3. The van der Waals surface area contributed by atoms with Gasteiger partial charge in [-0.25, -0.2) is 0 Å². The first-order chi connectivity index (χ1) is 10.3. The van der Waals surface area contributed by atoms with E-state index < -0.39 is 0 Å². The lowest BCUT2D eigenvalue weighted by molar-refractivity contribution is 0.113. The average molecular weight is 307 g/mol. The van der Waals surface area contributed by atoms with Gasteiger partial charge in [0.1, 0.15) is 0 Å². The minimum atomic E-state index is 0.292. The second kappa shape index (κ2) is 7.27. The molecule has 3 rings (SSSR count). The Labute approximate surface area is 131 Å².